The van der Waals surface area contributed by atoms with Gasteiger partial charge in [0, 0.05) is 12.7 Å². The van der Waals surface area contributed by atoms with Gasteiger partial charge in [0.15, 0.2) is 0 Å². The number of carbonyl (C=O) groups excluding carboxylic acids is 1. The number of halogens is 1. The fourth-order valence-electron chi connectivity index (χ4n) is 1.82. The molecular weight excluding hydrogens is 271 g/mol. The maximum atomic E-state index is 13.6. The average Bonchev–Trinajstić information content (AvgIpc) is 2.94. The molecule has 0 atom stereocenters. The number of carbonyl (C=O) groups is 1. The quantitative estimate of drug-likeness (QED) is 0.691. The summed E-state index contributed by atoms with van der Waals surface area (Å²) in [6.07, 6.45) is 3.38. The number of aromatic nitrogens is 1. The van der Waals surface area contributed by atoms with E-state index in [9.17, 15) is 9.18 Å². The average molecular weight is 284 g/mol. The Morgan fingerprint density at radius 2 is 2.33 bits per heavy atom. The Labute approximate surface area is 121 Å². The Balaban J connectivity index is 2.07. The second-order valence-corrected chi connectivity index (χ2v) is 4.22. The molecule has 0 bridgehead atoms. The molecule has 106 valence electrons. The number of hydrogen-bond acceptors (Lipinski definition) is 3. The molecule has 0 aliphatic rings. The van der Waals surface area contributed by atoms with Crippen LogP contribution in [0.2, 0.25) is 0 Å². The maximum Gasteiger partial charge on any atom is 0.274 e. The Kier molecular flexibility index (Phi) is 4.46. The highest BCUT2D eigenvalue weighted by atomic mass is 19.1. The van der Waals surface area contributed by atoms with Gasteiger partial charge in [0.1, 0.15) is 5.82 Å². The molecule has 2 aromatic rings. The fourth-order valence-corrected chi connectivity index (χ4v) is 1.82. The van der Waals surface area contributed by atoms with Crippen molar-refractivity contribution in [3.8, 4) is 6.07 Å². The van der Waals surface area contributed by atoms with Crippen molar-refractivity contribution >= 4 is 12.1 Å². The van der Waals surface area contributed by atoms with Gasteiger partial charge < -0.3 is 4.57 Å². The first-order chi connectivity index (χ1) is 10.2. The minimum atomic E-state index is -0.751. The molecule has 5 nitrogen and oxygen atoms in total. The number of benzene rings is 1. The molecule has 1 heterocycles. The minimum Gasteiger partial charge on any atom is -0.347 e. The number of amides is 1. The summed E-state index contributed by atoms with van der Waals surface area (Å²) in [5, 5.41) is 12.5. The number of nitrogens with one attached hydrogen (secondary N) is 1. The van der Waals surface area contributed by atoms with Gasteiger partial charge in [0.25, 0.3) is 5.91 Å². The van der Waals surface area contributed by atoms with Gasteiger partial charge in [-0.2, -0.15) is 10.4 Å². The van der Waals surface area contributed by atoms with Crippen molar-refractivity contribution < 1.29 is 9.18 Å². The number of nitrogens with zero attached hydrogens (tertiary/aromatic N) is 3. The second-order valence-electron chi connectivity index (χ2n) is 4.22. The van der Waals surface area contributed by atoms with Crippen molar-refractivity contribution in [3.63, 3.8) is 0 Å². The van der Waals surface area contributed by atoms with Crippen LogP contribution in [0.1, 0.15) is 28.5 Å². The lowest BCUT2D eigenvalue weighted by molar-refractivity contribution is 0.0951. The summed E-state index contributed by atoms with van der Waals surface area (Å²) in [7, 11) is 0. The number of hydrogen-bond donors (Lipinski definition) is 1. The minimum absolute atomic E-state index is 0.156. The van der Waals surface area contributed by atoms with Crippen LogP contribution in [0.3, 0.4) is 0 Å². The lowest BCUT2D eigenvalue weighted by Gasteiger charge is -2.03. The Morgan fingerprint density at radius 1 is 1.52 bits per heavy atom. The van der Waals surface area contributed by atoms with Crippen LogP contribution in [-0.2, 0) is 6.54 Å². The van der Waals surface area contributed by atoms with Crippen molar-refractivity contribution in [2.75, 3.05) is 0 Å². The van der Waals surface area contributed by atoms with Crippen LogP contribution >= 0.6 is 0 Å². The van der Waals surface area contributed by atoms with Crippen molar-refractivity contribution in [1.82, 2.24) is 9.99 Å². The van der Waals surface area contributed by atoms with Crippen LogP contribution in [0, 0.1) is 17.1 Å². The molecular formula is C15H13FN4O. The molecule has 0 aliphatic carbocycles. The van der Waals surface area contributed by atoms with E-state index < -0.39 is 11.7 Å². The SMILES string of the molecule is CCn1cccc1/C=N\NC(=O)c1ccc(C#N)cc1F. The lowest BCUT2D eigenvalue weighted by atomic mass is 10.1. The Morgan fingerprint density at radius 3 is 3.00 bits per heavy atom. The highest BCUT2D eigenvalue weighted by Gasteiger charge is 2.11. The van der Waals surface area contributed by atoms with Gasteiger partial charge in [-0.25, -0.2) is 9.82 Å². The van der Waals surface area contributed by atoms with E-state index in [-0.39, 0.29) is 11.1 Å². The third-order valence-electron chi connectivity index (χ3n) is 2.91. The fraction of sp³-hybridized carbons (Fsp3) is 0.133. The summed E-state index contributed by atoms with van der Waals surface area (Å²) in [5.74, 6) is -1.42. The summed E-state index contributed by atoms with van der Waals surface area (Å²) in [6, 6.07) is 9.17. The van der Waals surface area contributed by atoms with E-state index in [0.29, 0.717) is 0 Å². The zero-order chi connectivity index (χ0) is 15.2. The van der Waals surface area contributed by atoms with Crippen molar-refractivity contribution in [3.05, 3.63) is 59.2 Å². The molecule has 1 N–H and O–H groups in total. The van der Waals surface area contributed by atoms with Crippen molar-refractivity contribution in [2.24, 2.45) is 5.10 Å². The standard InChI is InChI=1S/C15H13FN4O/c1-2-20-7-3-4-12(20)10-18-19-15(21)13-6-5-11(9-17)8-14(13)16/h3-8,10H,2H2,1H3,(H,19,21)/b18-10-. The molecule has 2 rings (SSSR count). The first kappa shape index (κ1) is 14.5. The number of rotatable bonds is 4. The van der Waals surface area contributed by atoms with E-state index in [4.69, 9.17) is 5.26 Å². The highest BCUT2D eigenvalue weighted by molar-refractivity contribution is 5.95. The van der Waals surface area contributed by atoms with E-state index in [1.54, 1.807) is 6.07 Å². The van der Waals surface area contributed by atoms with Crippen LogP contribution in [0.15, 0.2) is 41.6 Å². The zero-order valence-corrected chi connectivity index (χ0v) is 11.4. The van der Waals surface area contributed by atoms with Gasteiger partial charge in [-0.1, -0.05) is 0 Å². The molecule has 0 saturated carbocycles. The van der Waals surface area contributed by atoms with E-state index in [1.165, 1.54) is 18.3 Å². The monoisotopic (exact) mass is 284 g/mol. The largest absolute Gasteiger partial charge is 0.347 e. The molecule has 0 fully saturated rings. The highest BCUT2D eigenvalue weighted by Crippen LogP contribution is 2.09. The molecule has 0 saturated heterocycles. The predicted molar refractivity (Wildman–Crippen MR) is 76.3 cm³/mol. The summed E-state index contributed by atoms with van der Waals surface area (Å²) in [6.45, 7) is 2.77. The first-order valence-electron chi connectivity index (χ1n) is 6.34. The van der Waals surface area contributed by atoms with E-state index in [1.807, 2.05) is 29.8 Å². The summed E-state index contributed by atoms with van der Waals surface area (Å²) < 4.78 is 15.6. The maximum absolute atomic E-state index is 13.6. The third-order valence-corrected chi connectivity index (χ3v) is 2.91. The van der Waals surface area contributed by atoms with Gasteiger partial charge in [-0.15, -0.1) is 0 Å². The van der Waals surface area contributed by atoms with Crippen LogP contribution in [-0.4, -0.2) is 16.7 Å². The summed E-state index contributed by atoms with van der Waals surface area (Å²) in [4.78, 5) is 11.8. The molecule has 1 amide bonds. The third kappa shape index (κ3) is 3.34. The zero-order valence-electron chi connectivity index (χ0n) is 11.4. The van der Waals surface area contributed by atoms with E-state index in [2.05, 4.69) is 10.5 Å². The molecule has 6 heteroatoms. The molecule has 0 aliphatic heterocycles. The molecule has 0 unspecified atom stereocenters. The Hall–Kier alpha value is -2.94. The molecule has 21 heavy (non-hydrogen) atoms. The van der Waals surface area contributed by atoms with Crippen LogP contribution in [0.25, 0.3) is 0 Å². The van der Waals surface area contributed by atoms with Gasteiger partial charge in [0.05, 0.1) is 29.1 Å². The van der Waals surface area contributed by atoms with Crippen molar-refractivity contribution in [1.29, 1.82) is 5.26 Å². The number of aryl methyl sites for hydroxylation is 1. The first-order valence-corrected chi connectivity index (χ1v) is 6.34. The number of hydrazone groups is 1. The lowest BCUT2D eigenvalue weighted by Crippen LogP contribution is -2.19. The Bertz CT molecular complexity index is 728. The predicted octanol–water partition coefficient (Wildman–Crippen LogP) is 2.28. The van der Waals surface area contributed by atoms with Gasteiger partial charge in [0.2, 0.25) is 0 Å². The van der Waals surface area contributed by atoms with Gasteiger partial charge >= 0.3 is 0 Å². The van der Waals surface area contributed by atoms with E-state index in [0.717, 1.165) is 18.3 Å². The van der Waals surface area contributed by atoms with Gasteiger partial charge in [-0.05, 0) is 37.3 Å². The van der Waals surface area contributed by atoms with E-state index >= 15 is 0 Å². The van der Waals surface area contributed by atoms with Crippen LogP contribution in [0.4, 0.5) is 4.39 Å². The van der Waals surface area contributed by atoms with Crippen LogP contribution < -0.4 is 5.43 Å². The topological polar surface area (TPSA) is 70.2 Å². The second kappa shape index (κ2) is 6.48. The van der Waals surface area contributed by atoms with Crippen LogP contribution in [0.5, 0.6) is 0 Å². The molecule has 1 aromatic carbocycles. The smallest absolute Gasteiger partial charge is 0.274 e. The molecule has 0 radical (unpaired) electrons. The summed E-state index contributed by atoms with van der Waals surface area (Å²) in [5.41, 5.74) is 3.10. The van der Waals surface area contributed by atoms with Gasteiger partial charge in [-0.3, -0.25) is 4.79 Å². The summed E-state index contributed by atoms with van der Waals surface area (Å²) >= 11 is 0. The molecule has 0 spiro atoms. The number of nitriles is 1. The molecule has 1 aromatic heterocycles. The van der Waals surface area contributed by atoms with Crippen molar-refractivity contribution in [2.45, 2.75) is 13.5 Å². The normalized spacial score (nSPS) is 10.5.